The maximum absolute atomic E-state index is 5.89. The standard InChI is InChI=1S/C16H16ClN3O/c1-11-13(9-19-20-11)8-18-10-15-6-7-16(21-15)12-2-4-14(17)5-3-12/h2-7,9,18H,8,10H2,1H3,(H,19,20). The van der Waals surface area contributed by atoms with Crippen LogP contribution < -0.4 is 5.32 Å². The number of halogens is 1. The van der Waals surface area contributed by atoms with Gasteiger partial charge in [-0.1, -0.05) is 11.6 Å². The Morgan fingerprint density at radius 1 is 1.14 bits per heavy atom. The van der Waals surface area contributed by atoms with E-state index in [1.807, 2.05) is 49.5 Å². The molecule has 0 aliphatic rings. The molecule has 21 heavy (non-hydrogen) atoms. The molecule has 0 amide bonds. The lowest BCUT2D eigenvalue weighted by Gasteiger charge is -2.02. The Balaban J connectivity index is 1.60. The van der Waals surface area contributed by atoms with Crippen molar-refractivity contribution < 1.29 is 4.42 Å². The molecule has 0 spiro atoms. The fourth-order valence-electron chi connectivity index (χ4n) is 2.12. The third kappa shape index (κ3) is 3.35. The molecule has 4 nitrogen and oxygen atoms in total. The van der Waals surface area contributed by atoms with E-state index in [0.29, 0.717) is 6.54 Å². The van der Waals surface area contributed by atoms with E-state index in [2.05, 4.69) is 15.5 Å². The minimum atomic E-state index is 0.679. The van der Waals surface area contributed by atoms with Gasteiger partial charge in [0.05, 0.1) is 12.7 Å². The highest BCUT2D eigenvalue weighted by Crippen LogP contribution is 2.23. The van der Waals surface area contributed by atoms with E-state index in [-0.39, 0.29) is 0 Å². The third-order valence-corrected chi connectivity index (χ3v) is 3.59. The molecule has 2 aromatic heterocycles. The number of aryl methyl sites for hydroxylation is 1. The van der Waals surface area contributed by atoms with Gasteiger partial charge in [0.2, 0.25) is 0 Å². The summed E-state index contributed by atoms with van der Waals surface area (Å²) in [5.74, 6) is 1.75. The van der Waals surface area contributed by atoms with Crippen molar-refractivity contribution in [2.75, 3.05) is 0 Å². The van der Waals surface area contributed by atoms with Crippen LogP contribution >= 0.6 is 11.6 Å². The predicted molar refractivity (Wildman–Crippen MR) is 83.0 cm³/mol. The summed E-state index contributed by atoms with van der Waals surface area (Å²) in [4.78, 5) is 0. The number of benzene rings is 1. The molecule has 108 valence electrons. The van der Waals surface area contributed by atoms with Gasteiger partial charge in [-0.3, -0.25) is 5.10 Å². The molecule has 1 aromatic carbocycles. The maximum Gasteiger partial charge on any atom is 0.134 e. The molecule has 0 saturated carbocycles. The van der Waals surface area contributed by atoms with E-state index < -0.39 is 0 Å². The van der Waals surface area contributed by atoms with Gasteiger partial charge in [0.25, 0.3) is 0 Å². The Hall–Kier alpha value is -2.04. The number of furan rings is 1. The van der Waals surface area contributed by atoms with E-state index >= 15 is 0 Å². The lowest BCUT2D eigenvalue weighted by atomic mass is 10.2. The van der Waals surface area contributed by atoms with Crippen LogP contribution in [0, 0.1) is 6.92 Å². The zero-order valence-corrected chi connectivity index (χ0v) is 12.4. The fraction of sp³-hybridized carbons (Fsp3) is 0.188. The zero-order chi connectivity index (χ0) is 14.7. The Morgan fingerprint density at radius 3 is 2.67 bits per heavy atom. The number of nitrogens with zero attached hydrogens (tertiary/aromatic N) is 1. The summed E-state index contributed by atoms with van der Waals surface area (Å²) in [6.07, 6.45) is 1.84. The van der Waals surface area contributed by atoms with Crippen molar-refractivity contribution in [2.24, 2.45) is 0 Å². The van der Waals surface area contributed by atoms with Crippen molar-refractivity contribution >= 4 is 11.6 Å². The molecule has 0 atom stereocenters. The highest BCUT2D eigenvalue weighted by atomic mass is 35.5. The number of aromatic nitrogens is 2. The average molecular weight is 302 g/mol. The van der Waals surface area contributed by atoms with Gasteiger partial charge in [-0.05, 0) is 43.3 Å². The summed E-state index contributed by atoms with van der Waals surface area (Å²) in [7, 11) is 0. The Kier molecular flexibility index (Phi) is 4.08. The highest BCUT2D eigenvalue weighted by Gasteiger charge is 2.05. The molecule has 0 aliphatic heterocycles. The minimum Gasteiger partial charge on any atom is -0.460 e. The first-order valence-corrected chi connectivity index (χ1v) is 7.14. The van der Waals surface area contributed by atoms with Gasteiger partial charge in [-0.2, -0.15) is 5.10 Å². The predicted octanol–water partition coefficient (Wildman–Crippen LogP) is 3.92. The van der Waals surface area contributed by atoms with Gasteiger partial charge in [0.15, 0.2) is 0 Å². The number of aromatic amines is 1. The lowest BCUT2D eigenvalue weighted by molar-refractivity contribution is 0.493. The van der Waals surface area contributed by atoms with Crippen LogP contribution in [0.2, 0.25) is 5.02 Å². The molecule has 2 heterocycles. The second kappa shape index (κ2) is 6.16. The smallest absolute Gasteiger partial charge is 0.134 e. The molecular formula is C16H16ClN3O. The van der Waals surface area contributed by atoms with E-state index in [4.69, 9.17) is 16.0 Å². The van der Waals surface area contributed by atoms with Gasteiger partial charge >= 0.3 is 0 Å². The SMILES string of the molecule is Cc1[nH]ncc1CNCc1ccc(-c2ccc(Cl)cc2)o1. The number of hydrogen-bond acceptors (Lipinski definition) is 3. The first-order chi connectivity index (χ1) is 10.2. The van der Waals surface area contributed by atoms with Crippen LogP contribution in [0.5, 0.6) is 0 Å². The summed E-state index contributed by atoms with van der Waals surface area (Å²) < 4.78 is 5.83. The summed E-state index contributed by atoms with van der Waals surface area (Å²) in [5.41, 5.74) is 3.28. The van der Waals surface area contributed by atoms with Crippen LogP contribution in [0.1, 0.15) is 17.0 Å². The molecule has 3 rings (SSSR count). The maximum atomic E-state index is 5.89. The second-order valence-corrected chi connectivity index (χ2v) is 5.33. The van der Waals surface area contributed by atoms with Gasteiger partial charge in [0.1, 0.15) is 11.5 Å². The summed E-state index contributed by atoms with van der Waals surface area (Å²) in [5, 5.41) is 11.0. The Bertz CT molecular complexity index is 715. The topological polar surface area (TPSA) is 53.9 Å². The molecule has 2 N–H and O–H groups in total. The van der Waals surface area contributed by atoms with E-state index in [9.17, 15) is 0 Å². The number of H-pyrrole nitrogens is 1. The highest BCUT2D eigenvalue weighted by molar-refractivity contribution is 6.30. The van der Waals surface area contributed by atoms with Crippen LogP contribution in [0.4, 0.5) is 0 Å². The monoisotopic (exact) mass is 301 g/mol. The van der Waals surface area contributed by atoms with Crippen molar-refractivity contribution in [3.8, 4) is 11.3 Å². The van der Waals surface area contributed by atoms with Crippen LogP contribution in [0.3, 0.4) is 0 Å². The minimum absolute atomic E-state index is 0.679. The average Bonchev–Trinajstić information content (AvgIpc) is 3.10. The van der Waals surface area contributed by atoms with Crippen molar-refractivity contribution in [3.63, 3.8) is 0 Å². The van der Waals surface area contributed by atoms with E-state index in [1.54, 1.807) is 0 Å². The van der Waals surface area contributed by atoms with Crippen LogP contribution in [0.15, 0.2) is 47.0 Å². The first kappa shape index (κ1) is 13.9. The summed E-state index contributed by atoms with van der Waals surface area (Å²) in [6, 6.07) is 11.6. The molecule has 0 aliphatic carbocycles. The van der Waals surface area contributed by atoms with Crippen LogP contribution in [0.25, 0.3) is 11.3 Å². The normalized spacial score (nSPS) is 11.0. The molecule has 0 saturated heterocycles. The van der Waals surface area contributed by atoms with Crippen molar-refractivity contribution in [2.45, 2.75) is 20.0 Å². The Morgan fingerprint density at radius 2 is 1.95 bits per heavy atom. The number of rotatable bonds is 5. The summed E-state index contributed by atoms with van der Waals surface area (Å²) >= 11 is 5.89. The quantitative estimate of drug-likeness (QED) is 0.751. The van der Waals surface area contributed by atoms with E-state index in [0.717, 1.165) is 34.3 Å². The third-order valence-electron chi connectivity index (χ3n) is 3.34. The van der Waals surface area contributed by atoms with Gasteiger partial charge in [0, 0.05) is 28.4 Å². The number of hydrogen-bond donors (Lipinski definition) is 2. The van der Waals surface area contributed by atoms with E-state index in [1.165, 1.54) is 5.56 Å². The molecule has 3 aromatic rings. The van der Waals surface area contributed by atoms with Gasteiger partial charge in [-0.25, -0.2) is 0 Å². The number of nitrogens with one attached hydrogen (secondary N) is 2. The lowest BCUT2D eigenvalue weighted by Crippen LogP contribution is -2.12. The van der Waals surface area contributed by atoms with Crippen LogP contribution in [-0.4, -0.2) is 10.2 Å². The molecule has 0 fully saturated rings. The van der Waals surface area contributed by atoms with Crippen LogP contribution in [-0.2, 0) is 13.1 Å². The summed E-state index contributed by atoms with van der Waals surface area (Å²) in [6.45, 7) is 3.45. The fourth-order valence-corrected chi connectivity index (χ4v) is 2.24. The second-order valence-electron chi connectivity index (χ2n) is 4.90. The zero-order valence-electron chi connectivity index (χ0n) is 11.7. The molecular weight excluding hydrogens is 286 g/mol. The Labute approximate surface area is 128 Å². The van der Waals surface area contributed by atoms with Crippen molar-refractivity contribution in [1.82, 2.24) is 15.5 Å². The molecule has 5 heteroatoms. The van der Waals surface area contributed by atoms with Crippen molar-refractivity contribution in [3.05, 3.63) is 64.6 Å². The molecule has 0 unspecified atom stereocenters. The van der Waals surface area contributed by atoms with Gasteiger partial charge < -0.3 is 9.73 Å². The molecule has 0 bridgehead atoms. The van der Waals surface area contributed by atoms with Crippen molar-refractivity contribution in [1.29, 1.82) is 0 Å². The van der Waals surface area contributed by atoms with Gasteiger partial charge in [-0.15, -0.1) is 0 Å². The largest absolute Gasteiger partial charge is 0.460 e. The molecule has 0 radical (unpaired) electrons. The first-order valence-electron chi connectivity index (χ1n) is 6.76.